The lowest BCUT2D eigenvalue weighted by molar-refractivity contribution is 0.230. The minimum absolute atomic E-state index is 0. The molecule has 9 heteroatoms. The van der Waals surface area contributed by atoms with Crippen molar-refractivity contribution in [3.05, 3.63) is 59.1 Å². The van der Waals surface area contributed by atoms with E-state index >= 15 is 0 Å². The molecular weight excluding hydrogens is 537 g/mol. The van der Waals surface area contributed by atoms with Gasteiger partial charge in [-0.25, -0.2) is 13.4 Å². The number of para-hydroxylation sites is 1. The van der Waals surface area contributed by atoms with E-state index in [1.54, 1.807) is 18.2 Å². The van der Waals surface area contributed by atoms with Crippen LogP contribution in [-0.2, 0) is 16.3 Å². The van der Waals surface area contributed by atoms with Crippen LogP contribution >= 0.6 is 35.6 Å². The highest BCUT2D eigenvalue weighted by Gasteiger charge is 2.08. The zero-order valence-corrected chi connectivity index (χ0v) is 21.3. The van der Waals surface area contributed by atoms with Crippen LogP contribution in [0, 0.1) is 0 Å². The number of ether oxygens (including phenoxy) is 1. The fraction of sp³-hybridized carbons (Fsp3) is 0.381. The first-order valence-corrected chi connectivity index (χ1v) is 11.8. The summed E-state index contributed by atoms with van der Waals surface area (Å²) in [6, 6.07) is 14.3. The second-order valence-corrected chi connectivity index (χ2v) is 9.09. The Hall–Kier alpha value is -1.52. The van der Waals surface area contributed by atoms with Crippen LogP contribution in [0.15, 0.2) is 58.4 Å². The Morgan fingerprint density at radius 3 is 2.40 bits per heavy atom. The van der Waals surface area contributed by atoms with Gasteiger partial charge in [0.05, 0.1) is 16.5 Å². The van der Waals surface area contributed by atoms with E-state index in [-0.39, 0.29) is 30.1 Å². The van der Waals surface area contributed by atoms with Crippen LogP contribution in [-0.4, -0.2) is 46.4 Å². The third-order valence-electron chi connectivity index (χ3n) is 4.07. The summed E-state index contributed by atoms with van der Waals surface area (Å²) in [6.07, 6.45) is 1.83. The van der Waals surface area contributed by atoms with Gasteiger partial charge in [0.2, 0.25) is 0 Å². The lowest BCUT2D eigenvalue weighted by atomic mass is 10.1. The standard InChI is InChI=1S/C21H28ClN3O3S.HI/c1-4-23-21(25-15-16(2)28-20-8-6-5-7-19(20)22)24-14-13-17-9-11-18(12-10-17)29(3,26)27;/h5-12,16H,4,13-15H2,1-3H3,(H2,23,24,25);1H. The monoisotopic (exact) mass is 565 g/mol. The van der Waals surface area contributed by atoms with Gasteiger partial charge in [-0.15, -0.1) is 24.0 Å². The van der Waals surface area contributed by atoms with Gasteiger partial charge in [0.15, 0.2) is 15.8 Å². The molecule has 30 heavy (non-hydrogen) atoms. The van der Waals surface area contributed by atoms with E-state index in [4.69, 9.17) is 16.3 Å². The van der Waals surface area contributed by atoms with Crippen molar-refractivity contribution in [2.45, 2.75) is 31.3 Å². The zero-order chi connectivity index (χ0) is 21.3. The summed E-state index contributed by atoms with van der Waals surface area (Å²) in [6.45, 7) is 5.84. The van der Waals surface area contributed by atoms with E-state index in [0.717, 1.165) is 18.5 Å². The summed E-state index contributed by atoms with van der Waals surface area (Å²) < 4.78 is 28.9. The van der Waals surface area contributed by atoms with Crippen molar-refractivity contribution in [1.29, 1.82) is 0 Å². The van der Waals surface area contributed by atoms with Crippen molar-refractivity contribution in [1.82, 2.24) is 10.6 Å². The van der Waals surface area contributed by atoms with E-state index < -0.39 is 9.84 Å². The van der Waals surface area contributed by atoms with Gasteiger partial charge in [-0.05, 0) is 50.1 Å². The number of guanidine groups is 1. The maximum atomic E-state index is 11.5. The Morgan fingerprint density at radius 2 is 1.80 bits per heavy atom. The molecule has 0 heterocycles. The number of sulfone groups is 1. The van der Waals surface area contributed by atoms with Crippen LogP contribution in [0.2, 0.25) is 5.02 Å². The third kappa shape index (κ3) is 9.09. The van der Waals surface area contributed by atoms with E-state index in [0.29, 0.717) is 34.7 Å². The largest absolute Gasteiger partial charge is 0.487 e. The number of aliphatic imine (C=N–C) groups is 1. The number of hydrogen-bond donors (Lipinski definition) is 2. The van der Waals surface area contributed by atoms with Gasteiger partial charge in [-0.1, -0.05) is 35.9 Å². The molecule has 0 aliphatic heterocycles. The number of hydrogen-bond acceptors (Lipinski definition) is 4. The summed E-state index contributed by atoms with van der Waals surface area (Å²) in [5.41, 5.74) is 1.05. The molecule has 0 aliphatic rings. The van der Waals surface area contributed by atoms with Crippen molar-refractivity contribution in [2.24, 2.45) is 4.99 Å². The van der Waals surface area contributed by atoms with Gasteiger partial charge in [0.1, 0.15) is 11.9 Å². The molecule has 0 fully saturated rings. The van der Waals surface area contributed by atoms with Crippen molar-refractivity contribution in [2.75, 3.05) is 25.9 Å². The number of rotatable bonds is 9. The van der Waals surface area contributed by atoms with Crippen molar-refractivity contribution in [3.63, 3.8) is 0 Å². The Bertz CT molecular complexity index is 921. The number of halogens is 2. The normalized spacial score (nSPS) is 12.6. The van der Waals surface area contributed by atoms with Gasteiger partial charge in [-0.3, -0.25) is 0 Å². The van der Waals surface area contributed by atoms with Crippen LogP contribution in [0.3, 0.4) is 0 Å². The van der Waals surface area contributed by atoms with E-state index in [1.165, 1.54) is 6.26 Å². The number of benzene rings is 2. The minimum atomic E-state index is -3.17. The highest BCUT2D eigenvalue weighted by molar-refractivity contribution is 14.0. The number of nitrogens with zero attached hydrogens (tertiary/aromatic N) is 1. The van der Waals surface area contributed by atoms with Crippen LogP contribution in [0.1, 0.15) is 19.4 Å². The predicted molar refractivity (Wildman–Crippen MR) is 134 cm³/mol. The SMILES string of the molecule is CCNC(=NCC(C)Oc1ccccc1Cl)NCCc1ccc(S(C)(=O)=O)cc1.I. The average molecular weight is 566 g/mol. The summed E-state index contributed by atoms with van der Waals surface area (Å²) in [5.74, 6) is 1.35. The Kier molecular flexibility index (Phi) is 11.5. The quantitative estimate of drug-likeness (QED) is 0.274. The molecule has 0 saturated heterocycles. The van der Waals surface area contributed by atoms with Gasteiger partial charge in [0.25, 0.3) is 0 Å². The molecule has 2 N–H and O–H groups in total. The van der Waals surface area contributed by atoms with Gasteiger partial charge in [0, 0.05) is 19.3 Å². The average Bonchev–Trinajstić information content (AvgIpc) is 2.67. The fourth-order valence-electron chi connectivity index (χ4n) is 2.58. The molecule has 0 aromatic heterocycles. The first-order valence-electron chi connectivity index (χ1n) is 9.52. The third-order valence-corrected chi connectivity index (χ3v) is 5.51. The molecule has 0 bridgehead atoms. The molecule has 0 amide bonds. The van der Waals surface area contributed by atoms with E-state index in [1.807, 2.05) is 44.2 Å². The molecule has 2 rings (SSSR count). The smallest absolute Gasteiger partial charge is 0.191 e. The first kappa shape index (κ1) is 26.5. The first-order chi connectivity index (χ1) is 13.8. The van der Waals surface area contributed by atoms with Gasteiger partial charge < -0.3 is 15.4 Å². The number of nitrogens with one attached hydrogen (secondary N) is 2. The molecule has 0 aliphatic carbocycles. The zero-order valence-electron chi connectivity index (χ0n) is 17.4. The van der Waals surface area contributed by atoms with Gasteiger partial charge >= 0.3 is 0 Å². The minimum Gasteiger partial charge on any atom is -0.487 e. The van der Waals surface area contributed by atoms with Crippen molar-refractivity contribution in [3.8, 4) is 5.75 Å². The van der Waals surface area contributed by atoms with Crippen LogP contribution in [0.4, 0.5) is 0 Å². The Labute approximate surface area is 201 Å². The molecule has 0 radical (unpaired) electrons. The van der Waals surface area contributed by atoms with Gasteiger partial charge in [-0.2, -0.15) is 0 Å². The summed E-state index contributed by atoms with van der Waals surface area (Å²) in [7, 11) is -3.17. The maximum absolute atomic E-state index is 11.5. The highest BCUT2D eigenvalue weighted by Crippen LogP contribution is 2.24. The molecule has 1 unspecified atom stereocenters. The second-order valence-electron chi connectivity index (χ2n) is 6.67. The van der Waals surface area contributed by atoms with Crippen LogP contribution < -0.4 is 15.4 Å². The highest BCUT2D eigenvalue weighted by atomic mass is 127. The lowest BCUT2D eigenvalue weighted by Crippen LogP contribution is -2.39. The maximum Gasteiger partial charge on any atom is 0.191 e. The van der Waals surface area contributed by atoms with Crippen molar-refractivity contribution < 1.29 is 13.2 Å². The van der Waals surface area contributed by atoms with Crippen molar-refractivity contribution >= 4 is 51.4 Å². The molecule has 0 spiro atoms. The Balaban J connectivity index is 0.00000450. The molecule has 2 aromatic rings. The second kappa shape index (κ2) is 13.0. The lowest BCUT2D eigenvalue weighted by Gasteiger charge is -2.16. The molecule has 166 valence electrons. The molecular formula is C21H29ClIN3O3S. The summed E-state index contributed by atoms with van der Waals surface area (Å²) in [5, 5.41) is 7.07. The molecule has 1 atom stereocenters. The summed E-state index contributed by atoms with van der Waals surface area (Å²) in [4.78, 5) is 4.89. The summed E-state index contributed by atoms with van der Waals surface area (Å²) >= 11 is 6.12. The molecule has 0 saturated carbocycles. The fourth-order valence-corrected chi connectivity index (χ4v) is 3.40. The van der Waals surface area contributed by atoms with Crippen LogP contribution in [0.25, 0.3) is 0 Å². The van der Waals surface area contributed by atoms with Crippen LogP contribution in [0.5, 0.6) is 5.75 Å². The molecule has 6 nitrogen and oxygen atoms in total. The van der Waals surface area contributed by atoms with E-state index in [9.17, 15) is 8.42 Å². The predicted octanol–water partition coefficient (Wildman–Crippen LogP) is 3.93. The molecule has 2 aromatic carbocycles. The Morgan fingerprint density at radius 1 is 1.13 bits per heavy atom. The van der Waals surface area contributed by atoms with E-state index in [2.05, 4.69) is 15.6 Å². The topological polar surface area (TPSA) is 79.8 Å².